The Labute approximate surface area is 308 Å². The number of ether oxygens (including phenoxy) is 2. The summed E-state index contributed by atoms with van der Waals surface area (Å²) in [6, 6.07) is 23.2. The van der Waals surface area contributed by atoms with Crippen molar-refractivity contribution in [1.82, 2.24) is 20.4 Å². The summed E-state index contributed by atoms with van der Waals surface area (Å²) in [6.45, 7) is 3.44. The second-order valence-electron chi connectivity index (χ2n) is 10.5. The highest BCUT2D eigenvalue weighted by molar-refractivity contribution is 7.99. The molecule has 0 amide bonds. The highest BCUT2D eigenvalue weighted by atomic mass is 32.2. The minimum absolute atomic E-state index is 0.00898. The minimum atomic E-state index is -4.67. The fourth-order valence-electron chi connectivity index (χ4n) is 4.58. The molecule has 5 rings (SSSR count). The molecule has 3 aromatic carbocycles. The van der Waals surface area contributed by atoms with E-state index in [2.05, 4.69) is 15.3 Å². The number of rotatable bonds is 10. The lowest BCUT2D eigenvalue weighted by Gasteiger charge is -2.18. The minimum Gasteiger partial charge on any atom is -0.497 e. The standard InChI is InChI=1S/C22H18F3N3O2S.C14H10F3N3OS/c1-3-31-20-19(30-13-15-6-10-17(29-2)11-7-15)18(27-28-21(20)22(23,24)25)16-8-4-14(12-26)5-9-16;1-2-22-12-11(21)10(19-20-13(12)14(15,16)17)9-5-3-8(7-18)4-6-9/h4-11H,3,13H2,1-2H3;3-6H,2H2,1H3,(H,20,21). The van der Waals surface area contributed by atoms with Crippen LogP contribution in [0.15, 0.2) is 87.4 Å². The number of halogens is 6. The van der Waals surface area contributed by atoms with Crippen LogP contribution in [-0.2, 0) is 19.0 Å². The SMILES string of the molecule is CCSc1c(C(F)(F)F)[nH]nc(-c2ccc(C#N)cc2)c1=O.CCSc1c(C(F)(F)F)nnc(-c2ccc(C#N)cc2)c1OCc1ccc(OC)cc1. The molecule has 0 radical (unpaired) electrons. The molecule has 274 valence electrons. The van der Waals surface area contributed by atoms with Crippen LogP contribution in [0.2, 0.25) is 0 Å². The molecule has 17 heteroatoms. The van der Waals surface area contributed by atoms with Crippen molar-refractivity contribution >= 4 is 23.5 Å². The highest BCUT2D eigenvalue weighted by Gasteiger charge is 2.39. The normalized spacial score (nSPS) is 11.2. The first kappa shape index (κ1) is 40.3. The topological polar surface area (TPSA) is 138 Å². The molecular weight excluding hydrogens is 743 g/mol. The molecule has 0 atom stereocenters. The molecular formula is C36H28F6N6O3S2. The van der Waals surface area contributed by atoms with Gasteiger partial charge in [0.1, 0.15) is 23.7 Å². The molecule has 1 N–H and O–H groups in total. The number of H-pyrrole nitrogens is 1. The van der Waals surface area contributed by atoms with E-state index >= 15 is 0 Å². The molecule has 0 bridgehead atoms. The molecule has 0 aliphatic carbocycles. The van der Waals surface area contributed by atoms with Gasteiger partial charge in [0.25, 0.3) is 0 Å². The number of aromatic nitrogens is 4. The van der Waals surface area contributed by atoms with E-state index in [1.165, 1.54) is 24.3 Å². The van der Waals surface area contributed by atoms with E-state index in [1.54, 1.807) is 69.5 Å². The number of benzene rings is 3. The van der Waals surface area contributed by atoms with Crippen molar-refractivity contribution in [2.24, 2.45) is 0 Å². The zero-order valence-corrected chi connectivity index (χ0v) is 29.7. The van der Waals surface area contributed by atoms with Crippen LogP contribution in [0.25, 0.3) is 22.5 Å². The number of hydrogen-bond donors (Lipinski definition) is 1. The first-order valence-corrected chi connectivity index (χ1v) is 17.4. The summed E-state index contributed by atoms with van der Waals surface area (Å²) in [4.78, 5) is 11.8. The molecule has 5 aromatic rings. The fraction of sp³-hybridized carbons (Fsp3) is 0.222. The van der Waals surface area contributed by atoms with Crippen molar-refractivity contribution in [2.45, 2.75) is 42.6 Å². The van der Waals surface area contributed by atoms with Crippen molar-refractivity contribution in [1.29, 1.82) is 10.5 Å². The predicted octanol–water partition coefficient (Wildman–Crippen LogP) is 9.17. The van der Waals surface area contributed by atoms with Gasteiger partial charge in [-0.3, -0.25) is 9.89 Å². The van der Waals surface area contributed by atoms with E-state index in [-0.39, 0.29) is 28.6 Å². The van der Waals surface area contributed by atoms with Crippen LogP contribution in [0.4, 0.5) is 26.3 Å². The second kappa shape index (κ2) is 17.8. The maximum atomic E-state index is 13.6. The number of alkyl halides is 6. The maximum Gasteiger partial charge on any atom is 0.436 e. The second-order valence-corrected chi connectivity index (χ2v) is 13.1. The third-order valence-corrected chi connectivity index (χ3v) is 8.98. The van der Waals surface area contributed by atoms with Crippen molar-refractivity contribution in [3.8, 4) is 46.2 Å². The van der Waals surface area contributed by atoms with E-state index < -0.39 is 34.1 Å². The zero-order valence-electron chi connectivity index (χ0n) is 28.1. The van der Waals surface area contributed by atoms with Crippen LogP contribution in [0, 0.1) is 22.7 Å². The number of nitrogens with zero attached hydrogens (tertiary/aromatic N) is 5. The lowest BCUT2D eigenvalue weighted by Crippen LogP contribution is -2.21. The third-order valence-electron chi connectivity index (χ3n) is 7.06. The summed E-state index contributed by atoms with van der Waals surface area (Å²) in [5.74, 6) is 1.38. The van der Waals surface area contributed by atoms with E-state index in [1.807, 2.05) is 17.2 Å². The van der Waals surface area contributed by atoms with Crippen molar-refractivity contribution in [3.05, 3.63) is 111 Å². The number of thioether (sulfide) groups is 2. The quantitative estimate of drug-likeness (QED) is 0.108. The maximum absolute atomic E-state index is 13.6. The number of methoxy groups -OCH3 is 1. The van der Waals surface area contributed by atoms with Crippen LogP contribution in [0.3, 0.4) is 0 Å². The molecule has 2 aromatic heterocycles. The lowest BCUT2D eigenvalue weighted by atomic mass is 10.1. The molecule has 9 nitrogen and oxygen atoms in total. The van der Waals surface area contributed by atoms with Crippen molar-refractivity contribution < 1.29 is 35.8 Å². The molecule has 0 aliphatic rings. The monoisotopic (exact) mass is 770 g/mol. The van der Waals surface area contributed by atoms with Gasteiger partial charge in [-0.2, -0.15) is 42.0 Å². The average Bonchev–Trinajstić information content (AvgIpc) is 3.14. The Hall–Kier alpha value is -5.52. The summed E-state index contributed by atoms with van der Waals surface area (Å²) in [5, 5.41) is 30.5. The summed E-state index contributed by atoms with van der Waals surface area (Å²) < 4.78 is 90.6. The smallest absolute Gasteiger partial charge is 0.436 e. The van der Waals surface area contributed by atoms with Gasteiger partial charge in [-0.25, -0.2) is 0 Å². The van der Waals surface area contributed by atoms with Crippen molar-refractivity contribution in [3.63, 3.8) is 0 Å². The first-order valence-electron chi connectivity index (χ1n) is 15.5. The molecule has 0 unspecified atom stereocenters. The van der Waals surface area contributed by atoms with Gasteiger partial charge in [0.15, 0.2) is 17.1 Å². The number of nitriles is 2. The van der Waals surface area contributed by atoms with E-state index in [0.717, 1.165) is 29.1 Å². The van der Waals surface area contributed by atoms with E-state index in [0.29, 0.717) is 39.5 Å². The van der Waals surface area contributed by atoms with Gasteiger partial charge >= 0.3 is 12.4 Å². The number of hydrogen-bond acceptors (Lipinski definition) is 10. The van der Waals surface area contributed by atoms with Gasteiger partial charge in [-0.05, 0) is 53.5 Å². The van der Waals surface area contributed by atoms with Gasteiger partial charge < -0.3 is 9.47 Å². The van der Waals surface area contributed by atoms with Crippen LogP contribution in [-0.4, -0.2) is 39.0 Å². The molecule has 53 heavy (non-hydrogen) atoms. The Balaban J connectivity index is 0.000000251. The summed E-state index contributed by atoms with van der Waals surface area (Å²) in [6.07, 6.45) is -9.35. The predicted molar refractivity (Wildman–Crippen MR) is 187 cm³/mol. The zero-order chi connectivity index (χ0) is 38.8. The lowest BCUT2D eigenvalue weighted by molar-refractivity contribution is -0.145. The Morgan fingerprint density at radius 2 is 1.26 bits per heavy atom. The van der Waals surface area contributed by atoms with Gasteiger partial charge in [-0.1, -0.05) is 50.2 Å². The number of aromatic amines is 1. The average molecular weight is 771 g/mol. The van der Waals surface area contributed by atoms with Gasteiger partial charge in [0.2, 0.25) is 5.43 Å². The van der Waals surface area contributed by atoms with Gasteiger partial charge in [0.05, 0.1) is 40.2 Å². The molecule has 0 fully saturated rings. The highest BCUT2D eigenvalue weighted by Crippen LogP contribution is 2.44. The third kappa shape index (κ3) is 10.1. The van der Waals surface area contributed by atoms with E-state index in [4.69, 9.17) is 20.0 Å². The first-order chi connectivity index (χ1) is 25.2. The fourth-order valence-corrected chi connectivity index (χ4v) is 6.27. The Morgan fingerprint density at radius 3 is 1.74 bits per heavy atom. The molecule has 2 heterocycles. The Kier molecular flexibility index (Phi) is 13.5. The van der Waals surface area contributed by atoms with E-state index in [9.17, 15) is 31.1 Å². The van der Waals surface area contributed by atoms with Gasteiger partial charge in [0, 0.05) is 11.1 Å². The molecule has 0 aliphatic heterocycles. The largest absolute Gasteiger partial charge is 0.497 e. The van der Waals surface area contributed by atoms with Crippen LogP contribution in [0.1, 0.15) is 41.9 Å². The molecule has 0 spiro atoms. The van der Waals surface area contributed by atoms with Crippen LogP contribution in [0.5, 0.6) is 11.5 Å². The van der Waals surface area contributed by atoms with Crippen LogP contribution < -0.4 is 14.9 Å². The molecule has 0 saturated heterocycles. The number of nitrogens with one attached hydrogen (secondary N) is 1. The van der Waals surface area contributed by atoms with Gasteiger partial charge in [-0.15, -0.1) is 33.7 Å². The Morgan fingerprint density at radius 1 is 0.736 bits per heavy atom. The summed E-state index contributed by atoms with van der Waals surface area (Å²) in [7, 11) is 1.55. The molecule has 0 saturated carbocycles. The van der Waals surface area contributed by atoms with Crippen molar-refractivity contribution in [2.75, 3.05) is 18.6 Å². The summed E-state index contributed by atoms with van der Waals surface area (Å²) in [5.41, 5.74) is -0.497. The Bertz CT molecular complexity index is 2160. The van der Waals surface area contributed by atoms with Crippen LogP contribution >= 0.6 is 23.5 Å². The summed E-state index contributed by atoms with van der Waals surface area (Å²) >= 11 is 1.81.